The number of anilines is 1. The van der Waals surface area contributed by atoms with Gasteiger partial charge in [0, 0.05) is 19.3 Å². The van der Waals surface area contributed by atoms with Gasteiger partial charge in [-0.05, 0) is 19.9 Å². The minimum absolute atomic E-state index is 0.383. The second-order valence-electron chi connectivity index (χ2n) is 3.69. The van der Waals surface area contributed by atoms with Crippen LogP contribution in [0, 0.1) is 0 Å². The maximum Gasteiger partial charge on any atom is 0.145 e. The van der Waals surface area contributed by atoms with E-state index >= 15 is 0 Å². The minimum atomic E-state index is 0.383. The summed E-state index contributed by atoms with van der Waals surface area (Å²) in [5, 5.41) is 4.37. The molecular formula is C10H14N4. The molecule has 74 valence electrons. The fraction of sp³-hybridized carbons (Fsp3) is 0.400. The van der Waals surface area contributed by atoms with Crippen LogP contribution in [-0.2, 0) is 7.05 Å². The molecule has 0 amide bonds. The van der Waals surface area contributed by atoms with Crippen molar-refractivity contribution in [3.05, 3.63) is 18.6 Å². The Morgan fingerprint density at radius 3 is 2.86 bits per heavy atom. The molecule has 0 atom stereocenters. The lowest BCUT2D eigenvalue weighted by atomic mass is 10.3. The number of nitrogens with zero attached hydrogens (tertiary/aromatic N) is 3. The Kier molecular flexibility index (Phi) is 2.11. The van der Waals surface area contributed by atoms with Crippen LogP contribution in [0.25, 0.3) is 11.0 Å². The van der Waals surface area contributed by atoms with E-state index in [2.05, 4.69) is 29.1 Å². The molecule has 0 aliphatic heterocycles. The van der Waals surface area contributed by atoms with E-state index in [4.69, 9.17) is 0 Å². The number of aromatic nitrogens is 3. The third-order valence-electron chi connectivity index (χ3n) is 2.09. The van der Waals surface area contributed by atoms with Gasteiger partial charge in [0.1, 0.15) is 17.8 Å². The third-order valence-corrected chi connectivity index (χ3v) is 2.09. The molecule has 4 nitrogen and oxygen atoms in total. The summed E-state index contributed by atoms with van der Waals surface area (Å²) < 4.78 is 1.99. The monoisotopic (exact) mass is 190 g/mol. The summed E-state index contributed by atoms with van der Waals surface area (Å²) in [6, 6.07) is 2.41. The molecule has 0 unspecified atom stereocenters. The van der Waals surface area contributed by atoms with E-state index in [-0.39, 0.29) is 0 Å². The lowest BCUT2D eigenvalue weighted by molar-refractivity contribution is 0.888. The number of hydrogen-bond acceptors (Lipinski definition) is 3. The maximum atomic E-state index is 4.22. The molecule has 0 saturated carbocycles. The van der Waals surface area contributed by atoms with Crippen LogP contribution in [0.1, 0.15) is 13.8 Å². The molecule has 0 radical (unpaired) electrons. The van der Waals surface area contributed by atoms with E-state index < -0.39 is 0 Å². The molecule has 0 fully saturated rings. The molecule has 1 N–H and O–H groups in total. The largest absolute Gasteiger partial charge is 0.367 e. The second kappa shape index (κ2) is 3.29. The summed E-state index contributed by atoms with van der Waals surface area (Å²) >= 11 is 0. The zero-order chi connectivity index (χ0) is 10.1. The van der Waals surface area contributed by atoms with E-state index in [1.54, 1.807) is 6.33 Å². The van der Waals surface area contributed by atoms with Crippen LogP contribution in [0.3, 0.4) is 0 Å². The van der Waals surface area contributed by atoms with Crippen LogP contribution < -0.4 is 5.32 Å². The predicted octanol–water partition coefficient (Wildman–Crippen LogP) is 1.79. The summed E-state index contributed by atoms with van der Waals surface area (Å²) in [4.78, 5) is 8.45. The van der Waals surface area contributed by atoms with Crippen molar-refractivity contribution >= 4 is 16.9 Å². The Balaban J connectivity index is 2.54. The van der Waals surface area contributed by atoms with Gasteiger partial charge in [-0.3, -0.25) is 0 Å². The normalized spacial score (nSPS) is 11.1. The summed E-state index contributed by atoms with van der Waals surface area (Å²) in [5.41, 5.74) is 0.961. The van der Waals surface area contributed by atoms with Crippen LogP contribution in [-0.4, -0.2) is 20.6 Å². The smallest absolute Gasteiger partial charge is 0.145 e. The Morgan fingerprint density at radius 2 is 2.14 bits per heavy atom. The minimum Gasteiger partial charge on any atom is -0.367 e. The molecule has 2 aromatic heterocycles. The molecule has 14 heavy (non-hydrogen) atoms. The van der Waals surface area contributed by atoms with Crippen molar-refractivity contribution in [1.29, 1.82) is 0 Å². The summed E-state index contributed by atoms with van der Waals surface area (Å²) in [6.45, 7) is 4.19. The molecule has 0 saturated heterocycles. The molecule has 0 aliphatic rings. The predicted molar refractivity (Wildman–Crippen MR) is 57.3 cm³/mol. The topological polar surface area (TPSA) is 42.7 Å². The number of aryl methyl sites for hydroxylation is 1. The average Bonchev–Trinajstić information content (AvgIpc) is 2.49. The van der Waals surface area contributed by atoms with E-state index in [0.717, 1.165) is 16.9 Å². The van der Waals surface area contributed by atoms with E-state index in [9.17, 15) is 0 Å². The van der Waals surface area contributed by atoms with Gasteiger partial charge in [0.15, 0.2) is 0 Å². The van der Waals surface area contributed by atoms with Gasteiger partial charge >= 0.3 is 0 Å². The third kappa shape index (κ3) is 1.43. The van der Waals surface area contributed by atoms with Crippen LogP contribution >= 0.6 is 0 Å². The zero-order valence-corrected chi connectivity index (χ0v) is 8.65. The highest BCUT2D eigenvalue weighted by atomic mass is 15.1. The van der Waals surface area contributed by atoms with Crippen LogP contribution in [0.4, 0.5) is 5.82 Å². The van der Waals surface area contributed by atoms with Gasteiger partial charge < -0.3 is 9.88 Å². The zero-order valence-electron chi connectivity index (χ0n) is 8.65. The Labute approximate surface area is 83.0 Å². The van der Waals surface area contributed by atoms with Gasteiger partial charge in [-0.2, -0.15) is 0 Å². The van der Waals surface area contributed by atoms with Gasteiger partial charge in [-0.15, -0.1) is 0 Å². The van der Waals surface area contributed by atoms with E-state index in [1.165, 1.54) is 0 Å². The first-order valence-electron chi connectivity index (χ1n) is 4.71. The number of fused-ring (bicyclic) bond motifs is 1. The van der Waals surface area contributed by atoms with Crippen molar-refractivity contribution in [2.45, 2.75) is 19.9 Å². The number of hydrogen-bond donors (Lipinski definition) is 1. The van der Waals surface area contributed by atoms with Crippen molar-refractivity contribution in [2.24, 2.45) is 7.05 Å². The molecular weight excluding hydrogens is 176 g/mol. The van der Waals surface area contributed by atoms with Crippen molar-refractivity contribution in [1.82, 2.24) is 14.5 Å². The van der Waals surface area contributed by atoms with Gasteiger partial charge in [-0.25, -0.2) is 9.97 Å². The highest BCUT2D eigenvalue weighted by molar-refractivity contribution is 5.87. The molecule has 0 spiro atoms. The first-order chi connectivity index (χ1) is 6.68. The highest BCUT2D eigenvalue weighted by Crippen LogP contribution is 2.19. The lowest BCUT2D eigenvalue weighted by Crippen LogP contribution is -2.11. The first-order valence-corrected chi connectivity index (χ1v) is 4.71. The summed E-state index contributed by atoms with van der Waals surface area (Å²) in [5.74, 6) is 0.908. The molecule has 0 aliphatic carbocycles. The molecule has 4 heteroatoms. The lowest BCUT2D eigenvalue weighted by Gasteiger charge is -2.09. The maximum absolute atomic E-state index is 4.22. The molecule has 2 heterocycles. The van der Waals surface area contributed by atoms with Crippen LogP contribution in [0.5, 0.6) is 0 Å². The van der Waals surface area contributed by atoms with Crippen molar-refractivity contribution in [2.75, 3.05) is 5.32 Å². The molecule has 2 rings (SSSR count). The van der Waals surface area contributed by atoms with Crippen molar-refractivity contribution in [3.8, 4) is 0 Å². The molecule has 2 aromatic rings. The first kappa shape index (κ1) is 8.99. The Morgan fingerprint density at radius 1 is 1.36 bits per heavy atom. The highest BCUT2D eigenvalue weighted by Gasteiger charge is 2.06. The number of rotatable bonds is 2. The Hall–Kier alpha value is -1.58. The van der Waals surface area contributed by atoms with E-state index in [1.807, 2.05) is 23.9 Å². The van der Waals surface area contributed by atoms with Gasteiger partial charge in [-0.1, -0.05) is 0 Å². The van der Waals surface area contributed by atoms with Crippen LogP contribution in [0.2, 0.25) is 0 Å². The fourth-order valence-corrected chi connectivity index (χ4v) is 1.47. The fourth-order valence-electron chi connectivity index (χ4n) is 1.47. The van der Waals surface area contributed by atoms with Gasteiger partial charge in [0.25, 0.3) is 0 Å². The standard InChI is InChI=1S/C10H14N4/c1-7(2)13-9-8-4-5-14(3)10(8)12-6-11-9/h4-7H,1-3H3,(H,11,12,13). The Bertz CT molecular complexity index is 444. The van der Waals surface area contributed by atoms with Gasteiger partial charge in [0.05, 0.1) is 5.39 Å². The van der Waals surface area contributed by atoms with Crippen molar-refractivity contribution in [3.63, 3.8) is 0 Å². The van der Waals surface area contributed by atoms with Gasteiger partial charge in [0.2, 0.25) is 0 Å². The summed E-state index contributed by atoms with van der Waals surface area (Å²) in [6.07, 6.45) is 3.58. The van der Waals surface area contributed by atoms with Crippen LogP contribution in [0.15, 0.2) is 18.6 Å². The second-order valence-corrected chi connectivity index (χ2v) is 3.69. The summed E-state index contributed by atoms with van der Waals surface area (Å²) in [7, 11) is 1.98. The average molecular weight is 190 g/mol. The van der Waals surface area contributed by atoms with E-state index in [0.29, 0.717) is 6.04 Å². The quantitative estimate of drug-likeness (QED) is 0.785. The van der Waals surface area contributed by atoms with Crippen molar-refractivity contribution < 1.29 is 0 Å². The number of nitrogens with one attached hydrogen (secondary N) is 1. The molecule has 0 bridgehead atoms. The SMILES string of the molecule is CC(C)Nc1ncnc2c1ccn2C. The molecule has 0 aromatic carbocycles.